The number of nitro groups is 1. The molecule has 100 valence electrons. The molecule has 0 saturated carbocycles. The second-order valence-corrected chi connectivity index (χ2v) is 5.32. The van der Waals surface area contributed by atoms with Gasteiger partial charge in [-0.15, -0.1) is 0 Å². The average molecular weight is 332 g/mol. The highest BCUT2D eigenvalue weighted by Gasteiger charge is 2.17. The molecule has 0 spiro atoms. The molecule has 0 aliphatic rings. The van der Waals surface area contributed by atoms with E-state index in [1.54, 1.807) is 6.33 Å². The van der Waals surface area contributed by atoms with Crippen molar-refractivity contribution in [3.63, 3.8) is 0 Å². The minimum atomic E-state index is -0.410. The summed E-state index contributed by atoms with van der Waals surface area (Å²) in [5.74, 6) is 0. The lowest BCUT2D eigenvalue weighted by Crippen LogP contribution is -1.98. The van der Waals surface area contributed by atoms with Crippen LogP contribution in [0.5, 0.6) is 0 Å². The van der Waals surface area contributed by atoms with Gasteiger partial charge in [-0.05, 0) is 11.6 Å². The topological polar surface area (TPSA) is 61.0 Å². The first kappa shape index (κ1) is 12.8. The number of fused-ring (bicyclic) bond motifs is 1. The number of rotatable bonds is 3. The zero-order chi connectivity index (χ0) is 14.1. The highest BCUT2D eigenvalue weighted by molar-refractivity contribution is 9.10. The van der Waals surface area contributed by atoms with Crippen LogP contribution < -0.4 is 0 Å². The summed E-state index contributed by atoms with van der Waals surface area (Å²) >= 11 is 3.31. The zero-order valence-electron chi connectivity index (χ0n) is 10.4. The minimum Gasteiger partial charge on any atom is -0.326 e. The standard InChI is InChI=1S/C14H10BrN3O2/c15-11-6-12-14(13(7-11)18(19)20)16-9-17(12)8-10-4-2-1-3-5-10/h1-7,9H,8H2. The number of imidazole rings is 1. The Morgan fingerprint density at radius 1 is 1.25 bits per heavy atom. The average Bonchev–Trinajstić information content (AvgIpc) is 2.82. The van der Waals surface area contributed by atoms with Crippen molar-refractivity contribution < 1.29 is 4.92 Å². The summed E-state index contributed by atoms with van der Waals surface area (Å²) in [6.45, 7) is 0.630. The first-order valence-corrected chi connectivity index (χ1v) is 6.77. The minimum absolute atomic E-state index is 0.0150. The second-order valence-electron chi connectivity index (χ2n) is 4.41. The monoisotopic (exact) mass is 331 g/mol. The van der Waals surface area contributed by atoms with Gasteiger partial charge in [-0.2, -0.15) is 0 Å². The summed E-state index contributed by atoms with van der Waals surface area (Å²) in [6.07, 6.45) is 1.64. The number of aromatic nitrogens is 2. The number of nitrogens with zero attached hydrogens (tertiary/aromatic N) is 3. The Kier molecular flexibility index (Phi) is 3.23. The van der Waals surface area contributed by atoms with E-state index in [0.717, 1.165) is 11.1 Å². The van der Waals surface area contributed by atoms with E-state index in [1.165, 1.54) is 6.07 Å². The predicted molar refractivity (Wildman–Crippen MR) is 79.6 cm³/mol. The van der Waals surface area contributed by atoms with Gasteiger partial charge in [-0.25, -0.2) is 4.98 Å². The fourth-order valence-electron chi connectivity index (χ4n) is 2.16. The molecule has 0 amide bonds. The van der Waals surface area contributed by atoms with E-state index in [9.17, 15) is 10.1 Å². The maximum absolute atomic E-state index is 11.1. The molecule has 1 aromatic heterocycles. The molecular weight excluding hydrogens is 322 g/mol. The number of benzene rings is 2. The Bertz CT molecular complexity index is 784. The Labute approximate surface area is 123 Å². The van der Waals surface area contributed by atoms with Crippen LogP contribution in [0.15, 0.2) is 53.3 Å². The number of halogens is 1. The van der Waals surface area contributed by atoms with Crippen LogP contribution in [-0.4, -0.2) is 14.5 Å². The smallest absolute Gasteiger partial charge is 0.298 e. The molecule has 20 heavy (non-hydrogen) atoms. The van der Waals surface area contributed by atoms with E-state index in [2.05, 4.69) is 20.9 Å². The molecule has 1 heterocycles. The molecule has 6 heteroatoms. The highest BCUT2D eigenvalue weighted by Crippen LogP contribution is 2.29. The summed E-state index contributed by atoms with van der Waals surface area (Å²) in [6, 6.07) is 13.2. The summed E-state index contributed by atoms with van der Waals surface area (Å²) in [7, 11) is 0. The SMILES string of the molecule is O=[N+]([O-])c1cc(Br)cc2c1ncn2Cc1ccccc1. The van der Waals surface area contributed by atoms with Gasteiger partial charge in [0, 0.05) is 17.1 Å². The van der Waals surface area contributed by atoms with Gasteiger partial charge in [0.15, 0.2) is 5.52 Å². The summed E-state index contributed by atoms with van der Waals surface area (Å²) in [4.78, 5) is 14.8. The fraction of sp³-hybridized carbons (Fsp3) is 0.0714. The third-order valence-electron chi connectivity index (χ3n) is 3.06. The van der Waals surface area contributed by atoms with Crippen molar-refractivity contribution in [3.8, 4) is 0 Å². The molecule has 2 aromatic carbocycles. The van der Waals surface area contributed by atoms with Gasteiger partial charge >= 0.3 is 0 Å². The summed E-state index contributed by atoms with van der Waals surface area (Å²) < 4.78 is 2.58. The molecule has 3 aromatic rings. The Balaban J connectivity index is 2.12. The van der Waals surface area contributed by atoms with Gasteiger partial charge in [0.1, 0.15) is 0 Å². The van der Waals surface area contributed by atoms with Crippen molar-refractivity contribution in [2.75, 3.05) is 0 Å². The van der Waals surface area contributed by atoms with Crippen molar-refractivity contribution in [1.82, 2.24) is 9.55 Å². The largest absolute Gasteiger partial charge is 0.326 e. The Morgan fingerprint density at radius 2 is 2.00 bits per heavy atom. The van der Waals surface area contributed by atoms with Crippen LogP contribution >= 0.6 is 15.9 Å². The van der Waals surface area contributed by atoms with Crippen LogP contribution in [0, 0.1) is 10.1 Å². The van der Waals surface area contributed by atoms with Crippen LogP contribution in [0.25, 0.3) is 11.0 Å². The molecule has 0 N–H and O–H groups in total. The predicted octanol–water partition coefficient (Wildman–Crippen LogP) is 3.76. The van der Waals surface area contributed by atoms with Crippen molar-refractivity contribution in [1.29, 1.82) is 0 Å². The fourth-order valence-corrected chi connectivity index (χ4v) is 2.59. The van der Waals surface area contributed by atoms with Gasteiger partial charge < -0.3 is 4.57 Å². The van der Waals surface area contributed by atoms with Crippen LogP contribution in [0.3, 0.4) is 0 Å². The third-order valence-corrected chi connectivity index (χ3v) is 3.52. The van der Waals surface area contributed by atoms with Crippen molar-refractivity contribution >= 4 is 32.7 Å². The van der Waals surface area contributed by atoms with Gasteiger partial charge in [0.25, 0.3) is 5.69 Å². The molecular formula is C14H10BrN3O2. The molecule has 0 atom stereocenters. The highest BCUT2D eigenvalue weighted by atomic mass is 79.9. The number of non-ortho nitro benzene ring substituents is 1. The van der Waals surface area contributed by atoms with Crippen LogP contribution in [-0.2, 0) is 6.54 Å². The van der Waals surface area contributed by atoms with Crippen LogP contribution in [0.4, 0.5) is 5.69 Å². The van der Waals surface area contributed by atoms with E-state index in [4.69, 9.17) is 0 Å². The van der Waals surface area contributed by atoms with Gasteiger partial charge in [-0.3, -0.25) is 10.1 Å². The first-order chi connectivity index (χ1) is 9.65. The molecule has 0 aliphatic carbocycles. The summed E-state index contributed by atoms with van der Waals surface area (Å²) in [5, 5.41) is 11.1. The quantitative estimate of drug-likeness (QED) is 0.542. The lowest BCUT2D eigenvalue weighted by atomic mass is 10.2. The lowest BCUT2D eigenvalue weighted by molar-refractivity contribution is -0.383. The van der Waals surface area contributed by atoms with Crippen molar-refractivity contribution in [2.45, 2.75) is 6.54 Å². The van der Waals surface area contributed by atoms with E-state index in [0.29, 0.717) is 16.5 Å². The molecule has 0 fully saturated rings. The molecule has 0 bridgehead atoms. The number of hydrogen-bond acceptors (Lipinski definition) is 3. The van der Waals surface area contributed by atoms with E-state index in [-0.39, 0.29) is 5.69 Å². The maximum atomic E-state index is 11.1. The maximum Gasteiger partial charge on any atom is 0.298 e. The lowest BCUT2D eigenvalue weighted by Gasteiger charge is -2.04. The third kappa shape index (κ3) is 2.30. The van der Waals surface area contributed by atoms with E-state index >= 15 is 0 Å². The normalized spacial score (nSPS) is 10.8. The summed E-state index contributed by atoms with van der Waals surface area (Å²) in [5.41, 5.74) is 2.29. The van der Waals surface area contributed by atoms with Gasteiger partial charge in [0.05, 0.1) is 16.8 Å². The van der Waals surface area contributed by atoms with Gasteiger partial charge in [-0.1, -0.05) is 46.3 Å². The number of nitro benzene ring substituents is 1. The Hall–Kier alpha value is -2.21. The van der Waals surface area contributed by atoms with Crippen LogP contribution in [0.1, 0.15) is 5.56 Å². The molecule has 0 radical (unpaired) electrons. The Morgan fingerprint density at radius 3 is 2.70 bits per heavy atom. The molecule has 0 aliphatic heterocycles. The second kappa shape index (κ2) is 5.05. The molecule has 0 saturated heterocycles. The van der Waals surface area contributed by atoms with Crippen LogP contribution in [0.2, 0.25) is 0 Å². The zero-order valence-corrected chi connectivity index (χ0v) is 11.9. The van der Waals surface area contributed by atoms with Gasteiger partial charge in [0.2, 0.25) is 0 Å². The molecule has 5 nitrogen and oxygen atoms in total. The number of hydrogen-bond donors (Lipinski definition) is 0. The molecule has 0 unspecified atom stereocenters. The molecule has 3 rings (SSSR count). The first-order valence-electron chi connectivity index (χ1n) is 5.98. The van der Waals surface area contributed by atoms with E-state index < -0.39 is 4.92 Å². The van der Waals surface area contributed by atoms with E-state index in [1.807, 2.05) is 41.0 Å². The van der Waals surface area contributed by atoms with Crippen molar-refractivity contribution in [3.05, 3.63) is 68.9 Å². The van der Waals surface area contributed by atoms with Crippen molar-refractivity contribution in [2.24, 2.45) is 0 Å².